The topological polar surface area (TPSA) is 55.8 Å². The van der Waals surface area contributed by atoms with Crippen molar-refractivity contribution in [3.05, 3.63) is 23.3 Å². The molecule has 4 nitrogen and oxygen atoms in total. The number of hydrogen-bond donors (Lipinski definition) is 1. The zero-order valence-electron chi connectivity index (χ0n) is 10.0. The fraction of sp³-hybridized carbons (Fsp3) is 0.462. The van der Waals surface area contributed by atoms with Crippen LogP contribution >= 0.6 is 0 Å². The number of carboxylic acid groups (broad SMARTS) is 1. The van der Waals surface area contributed by atoms with Gasteiger partial charge < -0.3 is 14.6 Å². The van der Waals surface area contributed by atoms with E-state index in [1.54, 1.807) is 12.1 Å². The Hall–Kier alpha value is -1.71. The van der Waals surface area contributed by atoms with Crippen LogP contribution in [0.15, 0.2) is 12.1 Å². The number of aromatic carboxylic acids is 1. The largest absolute Gasteiger partial charge is 0.490 e. The number of rotatable bonds is 2. The standard InChI is InChI=1S/C13H16O4/c1-8(2)11-9(13(14)15)4-5-10-12(11)17-7-3-6-16-10/h4-5,8H,3,6-7H2,1-2H3,(H,14,15). The van der Waals surface area contributed by atoms with Crippen molar-refractivity contribution in [2.45, 2.75) is 26.2 Å². The van der Waals surface area contributed by atoms with Crippen molar-refractivity contribution in [3.8, 4) is 11.5 Å². The predicted molar refractivity (Wildman–Crippen MR) is 63.1 cm³/mol. The second-order valence-electron chi connectivity index (χ2n) is 4.36. The van der Waals surface area contributed by atoms with Crippen molar-refractivity contribution in [2.24, 2.45) is 0 Å². The molecule has 0 aromatic heterocycles. The van der Waals surface area contributed by atoms with Crippen LogP contribution in [0.5, 0.6) is 11.5 Å². The van der Waals surface area contributed by atoms with Crippen LogP contribution in [0.4, 0.5) is 0 Å². The molecule has 0 radical (unpaired) electrons. The van der Waals surface area contributed by atoms with Gasteiger partial charge in [-0.15, -0.1) is 0 Å². The average Bonchev–Trinajstić information content (AvgIpc) is 2.51. The van der Waals surface area contributed by atoms with Gasteiger partial charge in [0.15, 0.2) is 11.5 Å². The zero-order chi connectivity index (χ0) is 12.4. The Morgan fingerprint density at radius 1 is 1.29 bits per heavy atom. The molecule has 0 saturated heterocycles. The SMILES string of the molecule is CC(C)c1c(C(=O)O)ccc2c1OCCCO2. The molecule has 1 aromatic rings. The molecule has 0 atom stereocenters. The van der Waals surface area contributed by atoms with Crippen molar-refractivity contribution in [3.63, 3.8) is 0 Å². The second-order valence-corrected chi connectivity index (χ2v) is 4.36. The molecule has 2 rings (SSSR count). The first kappa shape index (κ1) is 11.8. The van der Waals surface area contributed by atoms with Crippen molar-refractivity contribution in [1.29, 1.82) is 0 Å². The molecule has 92 valence electrons. The van der Waals surface area contributed by atoms with E-state index in [4.69, 9.17) is 9.47 Å². The van der Waals surface area contributed by atoms with Crippen LogP contribution in [0.2, 0.25) is 0 Å². The molecular formula is C13H16O4. The van der Waals surface area contributed by atoms with Crippen LogP contribution < -0.4 is 9.47 Å². The first-order valence-electron chi connectivity index (χ1n) is 5.77. The maximum atomic E-state index is 11.2. The second kappa shape index (κ2) is 4.65. The van der Waals surface area contributed by atoms with E-state index in [0.717, 1.165) is 12.0 Å². The van der Waals surface area contributed by atoms with Gasteiger partial charge >= 0.3 is 5.97 Å². The minimum atomic E-state index is -0.927. The third-order valence-electron chi connectivity index (χ3n) is 2.76. The average molecular weight is 236 g/mol. The van der Waals surface area contributed by atoms with E-state index in [2.05, 4.69) is 0 Å². The summed E-state index contributed by atoms with van der Waals surface area (Å²) in [7, 11) is 0. The minimum Gasteiger partial charge on any atom is -0.490 e. The normalized spacial score (nSPS) is 14.5. The van der Waals surface area contributed by atoms with Gasteiger partial charge in [0.2, 0.25) is 0 Å². The third-order valence-corrected chi connectivity index (χ3v) is 2.76. The zero-order valence-corrected chi connectivity index (χ0v) is 10.0. The van der Waals surface area contributed by atoms with Crippen LogP contribution in [0.3, 0.4) is 0 Å². The Morgan fingerprint density at radius 2 is 2.00 bits per heavy atom. The maximum absolute atomic E-state index is 11.2. The van der Waals surface area contributed by atoms with Crippen LogP contribution in [0.25, 0.3) is 0 Å². The number of ether oxygens (including phenoxy) is 2. The van der Waals surface area contributed by atoms with Gasteiger partial charge in [-0.1, -0.05) is 13.8 Å². The Kier molecular flexibility index (Phi) is 3.22. The maximum Gasteiger partial charge on any atom is 0.336 e. The highest BCUT2D eigenvalue weighted by molar-refractivity contribution is 5.91. The summed E-state index contributed by atoms with van der Waals surface area (Å²) >= 11 is 0. The monoisotopic (exact) mass is 236 g/mol. The smallest absolute Gasteiger partial charge is 0.336 e. The Labute approximate surface area is 100 Å². The molecular weight excluding hydrogens is 220 g/mol. The van der Waals surface area contributed by atoms with Crippen molar-refractivity contribution >= 4 is 5.97 Å². The van der Waals surface area contributed by atoms with E-state index in [0.29, 0.717) is 30.3 Å². The van der Waals surface area contributed by atoms with Gasteiger partial charge in [0.25, 0.3) is 0 Å². The lowest BCUT2D eigenvalue weighted by molar-refractivity contribution is 0.0694. The molecule has 4 heteroatoms. The molecule has 0 saturated carbocycles. The number of fused-ring (bicyclic) bond motifs is 1. The molecule has 0 amide bonds. The van der Waals surface area contributed by atoms with Crippen LogP contribution in [0, 0.1) is 0 Å². The highest BCUT2D eigenvalue weighted by Gasteiger charge is 2.23. The molecule has 0 aliphatic carbocycles. The first-order chi connectivity index (χ1) is 8.11. The molecule has 0 bridgehead atoms. The molecule has 1 N–H and O–H groups in total. The molecule has 17 heavy (non-hydrogen) atoms. The molecule has 1 heterocycles. The van der Waals surface area contributed by atoms with E-state index in [1.807, 2.05) is 13.8 Å². The molecule has 0 fully saturated rings. The predicted octanol–water partition coefficient (Wildman–Crippen LogP) is 2.67. The molecule has 1 aromatic carbocycles. The van der Waals surface area contributed by atoms with Gasteiger partial charge in [-0.05, 0) is 18.1 Å². The Morgan fingerprint density at radius 3 is 2.65 bits per heavy atom. The first-order valence-corrected chi connectivity index (χ1v) is 5.77. The highest BCUT2D eigenvalue weighted by atomic mass is 16.5. The Bertz CT molecular complexity index is 437. The highest BCUT2D eigenvalue weighted by Crippen LogP contribution is 2.39. The van der Waals surface area contributed by atoms with E-state index in [9.17, 15) is 9.90 Å². The fourth-order valence-corrected chi connectivity index (χ4v) is 2.02. The lowest BCUT2D eigenvalue weighted by Gasteiger charge is -2.17. The van der Waals surface area contributed by atoms with Crippen LogP contribution in [-0.4, -0.2) is 24.3 Å². The van der Waals surface area contributed by atoms with E-state index < -0.39 is 5.97 Å². The molecule has 1 aliphatic rings. The summed E-state index contributed by atoms with van der Waals surface area (Å²) < 4.78 is 11.2. The van der Waals surface area contributed by atoms with Crippen molar-refractivity contribution < 1.29 is 19.4 Å². The molecule has 0 spiro atoms. The lowest BCUT2D eigenvalue weighted by atomic mass is 9.95. The van der Waals surface area contributed by atoms with Gasteiger partial charge in [-0.2, -0.15) is 0 Å². The molecule has 0 unspecified atom stereocenters. The summed E-state index contributed by atoms with van der Waals surface area (Å²) in [5, 5.41) is 9.19. The summed E-state index contributed by atoms with van der Waals surface area (Å²) in [6.07, 6.45) is 0.814. The third kappa shape index (κ3) is 2.20. The number of benzene rings is 1. The quantitative estimate of drug-likeness (QED) is 0.857. The van der Waals surface area contributed by atoms with Gasteiger partial charge in [-0.3, -0.25) is 0 Å². The van der Waals surface area contributed by atoms with E-state index in [1.165, 1.54) is 0 Å². The van der Waals surface area contributed by atoms with Crippen molar-refractivity contribution in [2.75, 3.05) is 13.2 Å². The molecule has 1 aliphatic heterocycles. The lowest BCUT2D eigenvalue weighted by Crippen LogP contribution is -2.07. The van der Waals surface area contributed by atoms with Gasteiger partial charge in [-0.25, -0.2) is 4.79 Å². The minimum absolute atomic E-state index is 0.0813. The summed E-state index contributed by atoms with van der Waals surface area (Å²) in [6, 6.07) is 3.27. The number of carboxylic acids is 1. The van der Waals surface area contributed by atoms with Crippen LogP contribution in [-0.2, 0) is 0 Å². The number of carbonyl (C=O) groups is 1. The van der Waals surface area contributed by atoms with Gasteiger partial charge in [0, 0.05) is 12.0 Å². The van der Waals surface area contributed by atoms with Crippen LogP contribution in [0.1, 0.15) is 42.1 Å². The summed E-state index contributed by atoms with van der Waals surface area (Å²) in [5.41, 5.74) is 1.01. The number of hydrogen-bond acceptors (Lipinski definition) is 3. The van der Waals surface area contributed by atoms with Gasteiger partial charge in [0.1, 0.15) is 0 Å². The van der Waals surface area contributed by atoms with Crippen molar-refractivity contribution in [1.82, 2.24) is 0 Å². The van der Waals surface area contributed by atoms with E-state index >= 15 is 0 Å². The van der Waals surface area contributed by atoms with E-state index in [-0.39, 0.29) is 5.92 Å². The Balaban J connectivity index is 2.59. The van der Waals surface area contributed by atoms with Gasteiger partial charge in [0.05, 0.1) is 18.8 Å². The summed E-state index contributed by atoms with van der Waals surface area (Å²) in [5.74, 6) is 0.399. The summed E-state index contributed by atoms with van der Waals surface area (Å²) in [6.45, 7) is 5.08. The fourth-order valence-electron chi connectivity index (χ4n) is 2.02. The summed E-state index contributed by atoms with van der Waals surface area (Å²) in [4.78, 5) is 11.2.